The lowest BCUT2D eigenvalue weighted by Gasteiger charge is -2.16. The monoisotopic (exact) mass is 638 g/mol. The highest BCUT2D eigenvalue weighted by molar-refractivity contribution is 6.30. The molecular weight excluding hydrogens is 608 g/mol. The molecule has 4 N–H and O–H groups in total. The molecule has 0 unspecified atom stereocenters. The maximum Gasteiger partial charge on any atom is 0.259 e. The number of methoxy groups -OCH3 is 2. The van der Waals surface area contributed by atoms with Gasteiger partial charge in [-0.15, -0.1) is 0 Å². The molecule has 0 amide bonds. The van der Waals surface area contributed by atoms with Gasteiger partial charge in [0.05, 0.1) is 38.0 Å². The van der Waals surface area contributed by atoms with Gasteiger partial charge in [0.25, 0.3) is 5.56 Å². The van der Waals surface area contributed by atoms with E-state index in [1.807, 2.05) is 48.5 Å². The number of rotatable bonds is 13. The van der Waals surface area contributed by atoms with Crippen LogP contribution in [0, 0.1) is 11.3 Å². The van der Waals surface area contributed by atoms with Crippen molar-refractivity contribution in [2.75, 3.05) is 35.7 Å². The second kappa shape index (κ2) is 14.7. The standard InChI is InChI=1S/C32H31ClN10O3/c1-43-28(44)24(16-17-34)27(20-12-14-23(33)15-13-20)37-32(43)42-41-31-39-29(35-18-21-8-4-6-10-25(21)45-2)38-30(40-31)36-19-22-9-5-7-11-26(22)46-3/h4-15H,16,18-19H2,1-3H3,(H,37,42)(H3,35,36,38,39,40,41). The van der Waals surface area contributed by atoms with Gasteiger partial charge in [0.15, 0.2) is 0 Å². The highest BCUT2D eigenvalue weighted by Crippen LogP contribution is 2.24. The lowest BCUT2D eigenvalue weighted by molar-refractivity contribution is 0.410. The van der Waals surface area contributed by atoms with E-state index in [1.54, 1.807) is 45.5 Å². The van der Waals surface area contributed by atoms with Crippen molar-refractivity contribution < 1.29 is 9.47 Å². The summed E-state index contributed by atoms with van der Waals surface area (Å²) >= 11 is 6.07. The number of hydrogen-bond acceptors (Lipinski definition) is 12. The number of hydrogen-bond donors (Lipinski definition) is 4. The Hall–Kier alpha value is -5.87. The molecule has 0 saturated carbocycles. The summed E-state index contributed by atoms with van der Waals surface area (Å²) in [6.07, 6.45) is -0.110. The summed E-state index contributed by atoms with van der Waals surface area (Å²) in [7, 11) is 4.78. The predicted octanol–water partition coefficient (Wildman–Crippen LogP) is 5.03. The number of nitrogens with one attached hydrogen (secondary N) is 4. The summed E-state index contributed by atoms with van der Waals surface area (Å²) < 4.78 is 12.2. The van der Waals surface area contributed by atoms with Gasteiger partial charge < -0.3 is 20.1 Å². The third kappa shape index (κ3) is 7.43. The molecule has 0 aliphatic rings. The molecule has 0 aliphatic carbocycles. The fraction of sp³-hybridized carbons (Fsp3) is 0.188. The molecule has 5 aromatic rings. The lowest BCUT2D eigenvalue weighted by Crippen LogP contribution is -2.28. The van der Waals surface area contributed by atoms with Crippen LogP contribution in [0.5, 0.6) is 11.5 Å². The Kier molecular flexibility index (Phi) is 10.1. The van der Waals surface area contributed by atoms with E-state index in [2.05, 4.69) is 47.5 Å². The largest absolute Gasteiger partial charge is 0.496 e. The van der Waals surface area contributed by atoms with Crippen LogP contribution in [0.25, 0.3) is 11.3 Å². The Balaban J connectivity index is 1.44. The molecule has 2 heterocycles. The summed E-state index contributed by atoms with van der Waals surface area (Å²) in [4.78, 5) is 31.5. The Morgan fingerprint density at radius 1 is 0.783 bits per heavy atom. The highest BCUT2D eigenvalue weighted by atomic mass is 35.5. The van der Waals surface area contributed by atoms with E-state index < -0.39 is 0 Å². The van der Waals surface area contributed by atoms with Crippen molar-refractivity contribution in [3.05, 3.63) is 105 Å². The normalized spacial score (nSPS) is 10.5. The van der Waals surface area contributed by atoms with E-state index in [9.17, 15) is 10.1 Å². The molecule has 234 valence electrons. The van der Waals surface area contributed by atoms with Crippen LogP contribution in [0.15, 0.2) is 77.6 Å². The van der Waals surface area contributed by atoms with Crippen molar-refractivity contribution in [1.82, 2.24) is 24.5 Å². The first-order valence-corrected chi connectivity index (χ1v) is 14.5. The Morgan fingerprint density at radius 2 is 1.33 bits per heavy atom. The minimum absolute atomic E-state index is 0.110. The Bertz CT molecular complexity index is 1860. The molecule has 0 atom stereocenters. The maximum atomic E-state index is 13.3. The molecule has 14 heteroatoms. The average molecular weight is 639 g/mol. The molecule has 13 nitrogen and oxygen atoms in total. The van der Waals surface area contributed by atoms with Crippen LogP contribution in [-0.2, 0) is 26.6 Å². The van der Waals surface area contributed by atoms with Gasteiger partial charge in [0, 0.05) is 41.9 Å². The smallest absolute Gasteiger partial charge is 0.259 e. The number of anilines is 4. The molecule has 0 bridgehead atoms. The van der Waals surface area contributed by atoms with Crippen molar-refractivity contribution in [3.8, 4) is 28.8 Å². The number of ether oxygens (including phenoxy) is 2. The summed E-state index contributed by atoms with van der Waals surface area (Å²) in [5.74, 6) is 2.32. The number of benzene rings is 3. The van der Waals surface area contributed by atoms with Crippen molar-refractivity contribution in [2.45, 2.75) is 19.5 Å². The zero-order chi connectivity index (χ0) is 32.5. The van der Waals surface area contributed by atoms with E-state index in [0.29, 0.717) is 29.4 Å². The number of nitriles is 1. The van der Waals surface area contributed by atoms with E-state index in [1.165, 1.54) is 4.57 Å². The van der Waals surface area contributed by atoms with Gasteiger partial charge in [-0.1, -0.05) is 60.1 Å². The minimum atomic E-state index is -0.375. The Morgan fingerprint density at radius 3 is 1.87 bits per heavy atom. The van der Waals surface area contributed by atoms with Gasteiger partial charge >= 0.3 is 0 Å². The topological polar surface area (TPSA) is 164 Å². The average Bonchev–Trinajstić information content (AvgIpc) is 3.08. The fourth-order valence-corrected chi connectivity index (χ4v) is 4.72. The van der Waals surface area contributed by atoms with Gasteiger partial charge in [0.1, 0.15) is 11.5 Å². The van der Waals surface area contributed by atoms with E-state index in [-0.39, 0.29) is 41.3 Å². The zero-order valence-electron chi connectivity index (χ0n) is 25.3. The number of halogens is 1. The van der Waals surface area contributed by atoms with E-state index in [0.717, 1.165) is 22.6 Å². The first kappa shape index (κ1) is 31.6. The molecule has 46 heavy (non-hydrogen) atoms. The first-order valence-electron chi connectivity index (χ1n) is 14.1. The van der Waals surface area contributed by atoms with Gasteiger partial charge in [0.2, 0.25) is 23.8 Å². The second-order valence-corrected chi connectivity index (χ2v) is 10.3. The van der Waals surface area contributed by atoms with Crippen molar-refractivity contribution in [3.63, 3.8) is 0 Å². The summed E-state index contributed by atoms with van der Waals surface area (Å²) in [6.45, 7) is 0.765. The predicted molar refractivity (Wildman–Crippen MR) is 177 cm³/mol. The fourth-order valence-electron chi connectivity index (χ4n) is 4.59. The molecule has 5 rings (SSSR count). The number of nitrogens with zero attached hydrogens (tertiary/aromatic N) is 6. The van der Waals surface area contributed by atoms with Crippen LogP contribution >= 0.6 is 11.6 Å². The van der Waals surface area contributed by atoms with Crippen molar-refractivity contribution in [2.24, 2.45) is 7.05 Å². The van der Waals surface area contributed by atoms with E-state index >= 15 is 0 Å². The van der Waals surface area contributed by atoms with Gasteiger partial charge in [-0.3, -0.25) is 20.2 Å². The van der Waals surface area contributed by atoms with Gasteiger partial charge in [-0.25, -0.2) is 4.98 Å². The molecule has 0 spiro atoms. The quantitative estimate of drug-likeness (QED) is 0.127. The minimum Gasteiger partial charge on any atom is -0.496 e. The number of para-hydroxylation sites is 2. The van der Waals surface area contributed by atoms with E-state index in [4.69, 9.17) is 21.1 Å². The molecule has 0 fully saturated rings. The molecule has 3 aromatic carbocycles. The van der Waals surface area contributed by atoms with Crippen LogP contribution in [0.2, 0.25) is 5.02 Å². The summed E-state index contributed by atoms with van der Waals surface area (Å²) in [5, 5.41) is 16.4. The Labute approximate surface area is 270 Å². The molecule has 0 aliphatic heterocycles. The van der Waals surface area contributed by atoms with Crippen molar-refractivity contribution >= 4 is 35.4 Å². The van der Waals surface area contributed by atoms with Crippen LogP contribution in [0.4, 0.5) is 23.8 Å². The molecule has 0 saturated heterocycles. The third-order valence-corrected chi connectivity index (χ3v) is 7.19. The van der Waals surface area contributed by atoms with Gasteiger partial charge in [-0.05, 0) is 24.3 Å². The van der Waals surface area contributed by atoms with Crippen LogP contribution < -0.4 is 36.5 Å². The molecular formula is C32H31ClN10O3. The zero-order valence-corrected chi connectivity index (χ0v) is 26.1. The van der Waals surface area contributed by atoms with Crippen LogP contribution in [-0.4, -0.2) is 38.7 Å². The van der Waals surface area contributed by atoms with Crippen LogP contribution in [0.1, 0.15) is 16.7 Å². The lowest BCUT2D eigenvalue weighted by atomic mass is 10.1. The third-order valence-electron chi connectivity index (χ3n) is 6.94. The number of aromatic nitrogens is 5. The molecule has 0 radical (unpaired) electrons. The first-order chi connectivity index (χ1) is 22.4. The summed E-state index contributed by atoms with van der Waals surface area (Å²) in [6, 6.07) is 24.2. The summed E-state index contributed by atoms with van der Waals surface area (Å²) in [5.41, 5.74) is 8.60. The highest BCUT2D eigenvalue weighted by Gasteiger charge is 2.17. The number of hydrazine groups is 1. The van der Waals surface area contributed by atoms with Gasteiger partial charge in [-0.2, -0.15) is 20.2 Å². The molecule has 2 aromatic heterocycles. The maximum absolute atomic E-state index is 13.3. The SMILES string of the molecule is COc1ccccc1CNc1nc(NCc2ccccc2OC)nc(NNc2nc(-c3ccc(Cl)cc3)c(CC#N)c(=O)n2C)n1. The van der Waals surface area contributed by atoms with Crippen molar-refractivity contribution in [1.29, 1.82) is 5.26 Å². The van der Waals surface area contributed by atoms with Crippen LogP contribution in [0.3, 0.4) is 0 Å². The second-order valence-electron chi connectivity index (χ2n) is 9.86.